The maximum atomic E-state index is 14.3. The van der Waals surface area contributed by atoms with Gasteiger partial charge in [0.2, 0.25) is 27.3 Å². The normalized spacial score (nSPS) is 19.5. The number of sulfone groups is 1. The van der Waals surface area contributed by atoms with Crippen molar-refractivity contribution in [1.82, 2.24) is 38.5 Å². The van der Waals surface area contributed by atoms with Crippen molar-refractivity contribution in [3.8, 4) is 34.0 Å². The van der Waals surface area contributed by atoms with Crippen molar-refractivity contribution in [2.45, 2.75) is 50.3 Å². The summed E-state index contributed by atoms with van der Waals surface area (Å²) in [6, 6.07) is 19.7. The molecular formula is C46H47BrN11O6S2+. The van der Waals surface area contributed by atoms with Crippen LogP contribution in [0.5, 0.6) is 11.8 Å². The number of para-hydroxylation sites is 2. The Morgan fingerprint density at radius 1 is 0.788 bits per heavy atom. The predicted molar refractivity (Wildman–Crippen MR) is 254 cm³/mol. The van der Waals surface area contributed by atoms with Crippen LogP contribution >= 0.6 is 15.9 Å². The van der Waals surface area contributed by atoms with E-state index in [9.17, 15) is 16.8 Å². The summed E-state index contributed by atoms with van der Waals surface area (Å²) >= 11 is 3.53. The molecule has 66 heavy (non-hydrogen) atoms. The molecule has 1 aliphatic carbocycles. The van der Waals surface area contributed by atoms with Crippen LogP contribution in [0.3, 0.4) is 0 Å². The summed E-state index contributed by atoms with van der Waals surface area (Å²) in [7, 11) is -6.63. The number of benzene rings is 2. The molecule has 0 spiro atoms. The number of halogens is 1. The zero-order valence-electron chi connectivity index (χ0n) is 36.0. The fraction of sp³-hybridized carbons (Fsp3) is 0.348. The first-order valence-electron chi connectivity index (χ1n) is 22.0. The van der Waals surface area contributed by atoms with Gasteiger partial charge in [0.1, 0.15) is 31.2 Å². The van der Waals surface area contributed by atoms with E-state index in [1.165, 1.54) is 0 Å². The molecule has 3 fully saturated rings. The van der Waals surface area contributed by atoms with Gasteiger partial charge >= 0.3 is 0 Å². The highest BCUT2D eigenvalue weighted by molar-refractivity contribution is 9.10. The van der Waals surface area contributed by atoms with Gasteiger partial charge in [0.15, 0.2) is 23.5 Å². The second kappa shape index (κ2) is 16.4. The SMILES string of the molecule is Cc1c(OCC2CCN(S(=O)(=O)C3CC3[n+]3cc(-c4cnn5c(N)c(Br)c(OCC6CCS(=O)(=O)CC6)nc45)cc4ccccc43)CC2)nc2c(-c3cnc4ccccc4c3)cnn2c1N. The number of rotatable bonds is 11. The summed E-state index contributed by atoms with van der Waals surface area (Å²) in [5.41, 5.74) is 19.8. The molecule has 8 heterocycles. The molecule has 0 amide bonds. The van der Waals surface area contributed by atoms with Crippen molar-refractivity contribution >= 4 is 80.5 Å². The van der Waals surface area contributed by atoms with Crippen LogP contribution in [0.15, 0.2) is 89.9 Å². The second-order valence-corrected chi connectivity index (χ2v) is 22.9. The monoisotopic (exact) mass is 992 g/mol. The molecule has 0 bridgehead atoms. The highest BCUT2D eigenvalue weighted by atomic mass is 79.9. The van der Waals surface area contributed by atoms with Crippen molar-refractivity contribution in [2.24, 2.45) is 11.8 Å². The van der Waals surface area contributed by atoms with E-state index in [4.69, 9.17) is 30.9 Å². The number of piperidine rings is 1. The molecule has 340 valence electrons. The van der Waals surface area contributed by atoms with Gasteiger partial charge in [0, 0.05) is 53.7 Å². The Bertz CT molecular complexity index is 3450. The van der Waals surface area contributed by atoms with E-state index in [2.05, 4.69) is 41.7 Å². The molecule has 11 rings (SSSR count). The molecule has 0 radical (unpaired) electrons. The molecule has 2 unspecified atom stereocenters. The van der Waals surface area contributed by atoms with Crippen LogP contribution in [0.1, 0.15) is 43.7 Å². The number of nitrogens with zero attached hydrogens (tertiary/aromatic N) is 9. The predicted octanol–water partition coefficient (Wildman–Crippen LogP) is 5.97. The van der Waals surface area contributed by atoms with E-state index in [0.717, 1.165) is 38.5 Å². The molecule has 2 aromatic carbocycles. The van der Waals surface area contributed by atoms with Crippen LogP contribution in [0.2, 0.25) is 0 Å². The summed E-state index contributed by atoms with van der Waals surface area (Å²) in [6.07, 6.45) is 10.1. The summed E-state index contributed by atoms with van der Waals surface area (Å²) in [5.74, 6) is 1.98. The van der Waals surface area contributed by atoms with Crippen LogP contribution in [0, 0.1) is 18.8 Å². The lowest BCUT2D eigenvalue weighted by Crippen LogP contribution is -2.43. The van der Waals surface area contributed by atoms with Crippen LogP contribution in [0.4, 0.5) is 11.6 Å². The van der Waals surface area contributed by atoms with E-state index in [1.807, 2.05) is 73.9 Å². The van der Waals surface area contributed by atoms with Gasteiger partial charge in [-0.15, -0.1) is 0 Å². The Kier molecular flexibility index (Phi) is 10.6. The molecule has 2 atom stereocenters. The van der Waals surface area contributed by atoms with Gasteiger partial charge in [-0.05, 0) is 84.6 Å². The van der Waals surface area contributed by atoms with Gasteiger partial charge < -0.3 is 20.9 Å². The second-order valence-electron chi connectivity index (χ2n) is 17.7. The third-order valence-corrected chi connectivity index (χ3v) is 18.3. The highest BCUT2D eigenvalue weighted by Crippen LogP contribution is 2.42. The van der Waals surface area contributed by atoms with Crippen LogP contribution in [-0.2, 0) is 19.9 Å². The minimum Gasteiger partial charge on any atom is -0.477 e. The topological polar surface area (TPSA) is 219 Å². The smallest absolute Gasteiger partial charge is 0.233 e. The van der Waals surface area contributed by atoms with Gasteiger partial charge in [-0.2, -0.15) is 33.8 Å². The molecule has 2 saturated heterocycles. The molecule has 8 aromatic rings. The van der Waals surface area contributed by atoms with Crippen LogP contribution < -0.4 is 25.5 Å². The van der Waals surface area contributed by atoms with Gasteiger partial charge in [0.05, 0.1) is 59.3 Å². The van der Waals surface area contributed by atoms with Crippen molar-refractivity contribution < 1.29 is 30.9 Å². The number of nitrogens with two attached hydrogens (primary N) is 2. The summed E-state index contributed by atoms with van der Waals surface area (Å²) in [4.78, 5) is 14.3. The fourth-order valence-electron chi connectivity index (χ4n) is 9.39. The quantitative estimate of drug-likeness (QED) is 0.143. The number of hydrogen-bond acceptors (Lipinski definition) is 13. The number of pyridine rings is 2. The van der Waals surface area contributed by atoms with Crippen molar-refractivity contribution in [3.05, 3.63) is 95.5 Å². The molecule has 2 aliphatic heterocycles. The molecule has 6 aromatic heterocycles. The number of nitrogen functional groups attached to an aromatic ring is 2. The Labute approximate surface area is 388 Å². The first-order chi connectivity index (χ1) is 31.8. The van der Waals surface area contributed by atoms with Crippen LogP contribution in [-0.4, -0.2) is 98.4 Å². The Morgan fingerprint density at radius 3 is 2.14 bits per heavy atom. The molecule has 17 nitrogen and oxygen atoms in total. The number of fused-ring (bicyclic) bond motifs is 4. The lowest BCUT2D eigenvalue weighted by molar-refractivity contribution is -0.674. The Balaban J connectivity index is 0.783. The lowest BCUT2D eigenvalue weighted by Gasteiger charge is -2.31. The Hall–Kier alpha value is -5.96. The summed E-state index contributed by atoms with van der Waals surface area (Å²) in [5, 5.41) is 10.5. The minimum atomic E-state index is -3.63. The zero-order chi connectivity index (χ0) is 45.5. The maximum Gasteiger partial charge on any atom is 0.233 e. The van der Waals surface area contributed by atoms with Crippen molar-refractivity contribution in [2.75, 3.05) is 49.3 Å². The number of anilines is 2. The average Bonchev–Trinajstić information content (AvgIpc) is 3.86. The lowest BCUT2D eigenvalue weighted by atomic mass is 9.99. The number of ether oxygens (including phenoxy) is 2. The molecule has 1 saturated carbocycles. The Morgan fingerprint density at radius 2 is 1.39 bits per heavy atom. The molecular weight excluding hydrogens is 947 g/mol. The summed E-state index contributed by atoms with van der Waals surface area (Å²) in [6.45, 7) is 3.34. The maximum absolute atomic E-state index is 14.3. The zero-order valence-corrected chi connectivity index (χ0v) is 39.2. The first-order valence-corrected chi connectivity index (χ1v) is 26.2. The number of aromatic nitrogens is 8. The standard InChI is InChI=1S/C46H47BrN11O6S2/c1-27-41(48)57-43(34(22-51-57)32-18-30-6-2-4-8-36(30)50-21-32)53-45(27)63-25-28-10-14-55(15-11-28)66(61,62)39-20-38(39)56-24-33(19-31-7-3-5-9-37(31)56)35-23-52-58-42(49)40(47)46(54-44(35)58)64-26-29-12-16-65(59,60)17-13-29/h2-9,18-19,21-24,28-29,38-39H,10-17,20,25-26,48-49H2,1H3/q+1. The van der Waals surface area contributed by atoms with Crippen molar-refractivity contribution in [1.29, 1.82) is 0 Å². The van der Waals surface area contributed by atoms with E-state index in [1.54, 1.807) is 25.7 Å². The minimum absolute atomic E-state index is 0.0823. The third kappa shape index (κ3) is 7.66. The largest absolute Gasteiger partial charge is 0.477 e. The average molecular weight is 994 g/mol. The van der Waals surface area contributed by atoms with Gasteiger partial charge in [0.25, 0.3) is 0 Å². The van der Waals surface area contributed by atoms with E-state index in [-0.39, 0.29) is 29.4 Å². The molecule has 3 aliphatic rings. The van der Waals surface area contributed by atoms with Gasteiger partial charge in [-0.3, -0.25) is 4.98 Å². The fourth-order valence-corrected chi connectivity index (χ4v) is 13.4. The number of hydrogen-bond donors (Lipinski definition) is 2. The highest BCUT2D eigenvalue weighted by Gasteiger charge is 2.57. The van der Waals surface area contributed by atoms with Gasteiger partial charge in [-0.25, -0.2) is 21.1 Å². The van der Waals surface area contributed by atoms with Crippen LogP contribution in [0.25, 0.3) is 55.4 Å². The van der Waals surface area contributed by atoms with E-state index < -0.39 is 25.1 Å². The van der Waals surface area contributed by atoms with Crippen molar-refractivity contribution in [3.63, 3.8) is 0 Å². The van der Waals surface area contributed by atoms with E-state index in [0.29, 0.717) is 109 Å². The van der Waals surface area contributed by atoms with E-state index >= 15 is 0 Å². The third-order valence-electron chi connectivity index (χ3n) is 13.5. The number of sulfonamides is 1. The molecule has 4 N–H and O–H groups in total. The summed E-state index contributed by atoms with van der Waals surface area (Å²) < 4.78 is 72.5. The first kappa shape index (κ1) is 42.7. The van der Waals surface area contributed by atoms with Gasteiger partial charge in [-0.1, -0.05) is 30.3 Å². The molecule has 20 heteroatoms.